The van der Waals surface area contributed by atoms with Crippen molar-refractivity contribution < 1.29 is 18.7 Å². The second-order valence-corrected chi connectivity index (χ2v) is 7.43. The van der Waals surface area contributed by atoms with Gasteiger partial charge in [-0.1, -0.05) is 49.4 Å². The molecule has 154 valence electrons. The molecule has 1 aliphatic rings. The maximum atomic E-state index is 13.6. The van der Waals surface area contributed by atoms with Gasteiger partial charge < -0.3 is 5.11 Å². The minimum Gasteiger partial charge on any atom is -0.364 e. The number of alkyl halides is 2. The quantitative estimate of drug-likeness (QED) is 0.683. The Bertz CT molecular complexity index is 1140. The van der Waals surface area contributed by atoms with Gasteiger partial charge in [0.15, 0.2) is 0 Å². The Balaban J connectivity index is 1.86. The second kappa shape index (κ2) is 7.57. The molecule has 30 heavy (non-hydrogen) atoms. The Morgan fingerprint density at radius 3 is 2.57 bits per heavy atom. The first-order valence-electron chi connectivity index (χ1n) is 9.71. The molecule has 1 amide bonds. The normalized spacial score (nSPS) is 18.9. The van der Waals surface area contributed by atoms with Crippen molar-refractivity contribution in [3.63, 3.8) is 0 Å². The summed E-state index contributed by atoms with van der Waals surface area (Å²) >= 11 is 0. The number of rotatable bonds is 4. The van der Waals surface area contributed by atoms with Crippen molar-refractivity contribution >= 4 is 22.5 Å². The lowest BCUT2D eigenvalue weighted by molar-refractivity contribution is -0.164. The molecule has 2 heterocycles. The summed E-state index contributed by atoms with van der Waals surface area (Å²) < 4.78 is 27.2. The minimum atomic E-state index is -3.16. The van der Waals surface area contributed by atoms with Crippen LogP contribution < -0.4 is 0 Å². The highest BCUT2D eigenvalue weighted by molar-refractivity contribution is 6.08. The molecule has 2 aromatic carbocycles. The van der Waals surface area contributed by atoms with Crippen LogP contribution >= 0.6 is 0 Å². The van der Waals surface area contributed by atoms with Crippen LogP contribution in [0.15, 0.2) is 59.7 Å². The molecule has 1 aromatic heterocycles. The van der Waals surface area contributed by atoms with Crippen LogP contribution in [0.2, 0.25) is 0 Å². The van der Waals surface area contributed by atoms with E-state index < -0.39 is 24.5 Å². The molecule has 4 rings (SSSR count). The van der Waals surface area contributed by atoms with E-state index in [2.05, 4.69) is 17.0 Å². The number of aliphatic hydroxyl groups is 1. The molecule has 0 saturated carbocycles. The number of carbonyl (C=O) groups is 1. The van der Waals surface area contributed by atoms with Crippen molar-refractivity contribution in [1.29, 1.82) is 0 Å². The summed E-state index contributed by atoms with van der Waals surface area (Å²) in [7, 11) is 0. The topological polar surface area (TPSA) is 65.8 Å². The van der Waals surface area contributed by atoms with Crippen LogP contribution in [0.5, 0.6) is 0 Å². The molecule has 1 aliphatic heterocycles. The van der Waals surface area contributed by atoms with E-state index in [4.69, 9.17) is 0 Å². The number of aromatic nitrogens is 1. The molecule has 1 unspecified atom stereocenters. The average Bonchev–Trinajstić information content (AvgIpc) is 3.08. The molecular formula is C23H21F2N3O2. The van der Waals surface area contributed by atoms with Crippen LogP contribution in [0.3, 0.4) is 0 Å². The van der Waals surface area contributed by atoms with Crippen LogP contribution in [0.1, 0.15) is 36.2 Å². The zero-order valence-corrected chi connectivity index (χ0v) is 16.6. The monoisotopic (exact) mass is 409 g/mol. The van der Waals surface area contributed by atoms with Crippen molar-refractivity contribution in [3.05, 3.63) is 65.7 Å². The number of aryl methyl sites for hydroxylation is 1. The van der Waals surface area contributed by atoms with Gasteiger partial charge >= 0.3 is 0 Å². The van der Waals surface area contributed by atoms with Crippen LogP contribution in [0, 0.1) is 0 Å². The third kappa shape index (κ3) is 3.35. The number of hydrazone groups is 1. The average molecular weight is 409 g/mol. The van der Waals surface area contributed by atoms with Crippen LogP contribution in [0.4, 0.5) is 8.78 Å². The molecule has 0 fully saturated rings. The number of amides is 1. The number of para-hydroxylation sites is 1. The zero-order chi connectivity index (χ0) is 21.5. The number of hydrogen-bond donors (Lipinski definition) is 1. The summed E-state index contributed by atoms with van der Waals surface area (Å²) in [5.41, 5.74) is 0.831. The fraction of sp³-hybridized carbons (Fsp3) is 0.261. The SMILES string of the molecule is CCc1ccc(-c2cc(C(=O)N3N=C(C)CC3(O)C(F)F)c3ccccc3n2)cc1. The maximum Gasteiger partial charge on any atom is 0.287 e. The highest BCUT2D eigenvalue weighted by Crippen LogP contribution is 2.34. The van der Waals surface area contributed by atoms with Gasteiger partial charge in [-0.05, 0) is 31.0 Å². The largest absolute Gasteiger partial charge is 0.364 e. The van der Waals surface area contributed by atoms with Gasteiger partial charge in [0, 0.05) is 23.1 Å². The van der Waals surface area contributed by atoms with Gasteiger partial charge in [-0.3, -0.25) is 4.79 Å². The number of hydrogen-bond acceptors (Lipinski definition) is 4. The lowest BCUT2D eigenvalue weighted by Crippen LogP contribution is -2.51. The van der Waals surface area contributed by atoms with E-state index in [1.807, 2.05) is 24.3 Å². The van der Waals surface area contributed by atoms with Crippen molar-refractivity contribution in [1.82, 2.24) is 9.99 Å². The summed E-state index contributed by atoms with van der Waals surface area (Å²) in [6, 6.07) is 16.4. The molecule has 0 aliphatic carbocycles. The van der Waals surface area contributed by atoms with Gasteiger partial charge in [-0.2, -0.15) is 10.1 Å². The lowest BCUT2D eigenvalue weighted by atomic mass is 10.0. The van der Waals surface area contributed by atoms with Gasteiger partial charge in [0.1, 0.15) is 0 Å². The Morgan fingerprint density at radius 2 is 1.90 bits per heavy atom. The highest BCUT2D eigenvalue weighted by Gasteiger charge is 2.51. The van der Waals surface area contributed by atoms with E-state index in [0.717, 1.165) is 12.0 Å². The molecule has 1 N–H and O–H groups in total. The van der Waals surface area contributed by atoms with Crippen LogP contribution in [0.25, 0.3) is 22.2 Å². The Kier molecular flexibility index (Phi) is 5.07. The summed E-state index contributed by atoms with van der Waals surface area (Å²) in [6.45, 7) is 3.56. The van der Waals surface area contributed by atoms with Crippen LogP contribution in [-0.2, 0) is 6.42 Å². The molecule has 7 heteroatoms. The number of nitrogens with zero attached hydrogens (tertiary/aromatic N) is 3. The molecule has 1 atom stereocenters. The number of pyridine rings is 1. The van der Waals surface area contributed by atoms with E-state index in [0.29, 0.717) is 21.6 Å². The number of benzene rings is 2. The van der Waals surface area contributed by atoms with Gasteiger partial charge in [-0.15, -0.1) is 0 Å². The Morgan fingerprint density at radius 1 is 1.20 bits per heavy atom. The van der Waals surface area contributed by atoms with Gasteiger partial charge in [0.2, 0.25) is 5.72 Å². The molecular weight excluding hydrogens is 388 g/mol. The molecule has 0 bridgehead atoms. The smallest absolute Gasteiger partial charge is 0.287 e. The van der Waals surface area contributed by atoms with Gasteiger partial charge in [-0.25, -0.2) is 13.8 Å². The fourth-order valence-electron chi connectivity index (χ4n) is 3.66. The predicted octanol–water partition coefficient (Wildman–Crippen LogP) is 4.64. The molecule has 0 saturated heterocycles. The minimum absolute atomic E-state index is 0.160. The van der Waals surface area contributed by atoms with Crippen molar-refractivity contribution in [2.75, 3.05) is 0 Å². The Labute approximate surface area is 172 Å². The molecule has 5 nitrogen and oxygen atoms in total. The van der Waals surface area contributed by atoms with E-state index in [1.165, 1.54) is 12.5 Å². The van der Waals surface area contributed by atoms with Gasteiger partial charge in [0.05, 0.1) is 16.8 Å². The second-order valence-electron chi connectivity index (χ2n) is 7.43. The highest BCUT2D eigenvalue weighted by atomic mass is 19.3. The number of fused-ring (bicyclic) bond motifs is 1. The van der Waals surface area contributed by atoms with Crippen molar-refractivity contribution in [2.24, 2.45) is 5.10 Å². The third-order valence-electron chi connectivity index (χ3n) is 5.30. The maximum absolute atomic E-state index is 13.6. The molecule has 0 spiro atoms. The van der Waals surface area contributed by atoms with E-state index >= 15 is 0 Å². The van der Waals surface area contributed by atoms with Gasteiger partial charge in [0.25, 0.3) is 12.3 Å². The molecule has 3 aromatic rings. The first-order chi connectivity index (χ1) is 14.3. The third-order valence-corrected chi connectivity index (χ3v) is 5.30. The number of halogens is 2. The van der Waals surface area contributed by atoms with Crippen molar-refractivity contribution in [3.8, 4) is 11.3 Å². The summed E-state index contributed by atoms with van der Waals surface area (Å²) in [5.74, 6) is -0.792. The lowest BCUT2D eigenvalue weighted by Gasteiger charge is -2.30. The molecule has 0 radical (unpaired) electrons. The summed E-state index contributed by atoms with van der Waals surface area (Å²) in [5, 5.41) is 15.4. The first kappa shape index (κ1) is 20.1. The fourth-order valence-corrected chi connectivity index (χ4v) is 3.66. The van der Waals surface area contributed by atoms with E-state index in [9.17, 15) is 18.7 Å². The summed E-state index contributed by atoms with van der Waals surface area (Å²) in [4.78, 5) is 17.9. The van der Waals surface area contributed by atoms with Crippen LogP contribution in [-0.4, -0.2) is 38.9 Å². The standard InChI is InChI=1S/C23H21F2N3O2/c1-3-15-8-10-16(11-9-15)20-12-18(17-6-4-5-7-19(17)26-20)21(29)28-23(30,22(24)25)13-14(2)27-28/h4-12,22,30H,3,13H2,1-2H3. The number of carbonyl (C=O) groups excluding carboxylic acids is 1. The zero-order valence-electron chi connectivity index (χ0n) is 16.6. The van der Waals surface area contributed by atoms with Crippen molar-refractivity contribution in [2.45, 2.75) is 38.8 Å². The first-order valence-corrected chi connectivity index (χ1v) is 9.71. The Hall–Kier alpha value is -3.19. The van der Waals surface area contributed by atoms with E-state index in [-0.39, 0.29) is 11.3 Å². The summed E-state index contributed by atoms with van der Waals surface area (Å²) in [6.07, 6.45) is -2.66. The predicted molar refractivity (Wildman–Crippen MR) is 111 cm³/mol. The van der Waals surface area contributed by atoms with E-state index in [1.54, 1.807) is 30.3 Å².